The molecule has 6 heteroatoms. The lowest BCUT2D eigenvalue weighted by atomic mass is 10.1. The fraction of sp³-hybridized carbons (Fsp3) is 0. The van der Waals surface area contributed by atoms with Crippen molar-refractivity contribution < 1.29 is 14.7 Å². The van der Waals surface area contributed by atoms with Crippen LogP contribution in [0.25, 0.3) is 21.8 Å². The molecule has 0 aliphatic rings. The number of aromatic carboxylic acids is 1. The lowest BCUT2D eigenvalue weighted by Crippen LogP contribution is -2.11. The summed E-state index contributed by atoms with van der Waals surface area (Å²) in [6.07, 6.45) is 0. The molecule has 0 aliphatic carbocycles. The van der Waals surface area contributed by atoms with Crippen LogP contribution in [0.1, 0.15) is 20.7 Å². The average molecular weight is 333 g/mol. The molecule has 1 heterocycles. The summed E-state index contributed by atoms with van der Waals surface area (Å²) in [6.45, 7) is 0. The lowest BCUT2D eigenvalue weighted by molar-refractivity contribution is 0.0696. The Morgan fingerprint density at radius 1 is 1.05 bits per heavy atom. The second-order valence-corrected chi connectivity index (χ2v) is 5.17. The highest BCUT2D eigenvalue weighted by atomic mass is 79.9. The van der Waals surface area contributed by atoms with Crippen molar-refractivity contribution in [2.45, 2.75) is 0 Å². The van der Waals surface area contributed by atoms with E-state index in [1.54, 1.807) is 18.2 Å². The Bertz CT molecular complexity index is 883. The van der Waals surface area contributed by atoms with Gasteiger partial charge in [-0.25, -0.2) is 4.79 Å². The van der Waals surface area contributed by atoms with Crippen molar-refractivity contribution in [3.05, 3.63) is 45.9 Å². The normalized spacial score (nSPS) is 11.1. The standard InChI is InChI=1S/C14H9BrN2O3/c15-10-8(14(19)20)5-4-7-6-2-1-3-9(13(16)18)11(6)17-12(7)10/h1-5,17H,(H2,16,18)(H,19,20). The molecule has 3 aromatic rings. The topological polar surface area (TPSA) is 96.2 Å². The van der Waals surface area contributed by atoms with Crippen molar-refractivity contribution in [2.24, 2.45) is 5.73 Å². The number of carboxylic acid groups (broad SMARTS) is 1. The van der Waals surface area contributed by atoms with Crippen LogP contribution in [0.3, 0.4) is 0 Å². The molecule has 0 unspecified atom stereocenters. The molecular formula is C14H9BrN2O3. The van der Waals surface area contributed by atoms with Crippen LogP contribution in [0.15, 0.2) is 34.8 Å². The first-order chi connectivity index (χ1) is 9.50. The Balaban J connectivity index is 2.48. The number of H-pyrrole nitrogens is 1. The first-order valence-electron chi connectivity index (χ1n) is 5.76. The molecule has 100 valence electrons. The van der Waals surface area contributed by atoms with Crippen molar-refractivity contribution >= 4 is 49.6 Å². The third-order valence-corrected chi connectivity index (χ3v) is 4.07. The van der Waals surface area contributed by atoms with E-state index in [0.717, 1.165) is 10.8 Å². The zero-order valence-corrected chi connectivity index (χ0v) is 11.7. The number of hydrogen-bond acceptors (Lipinski definition) is 2. The minimum Gasteiger partial charge on any atom is -0.478 e. The predicted octanol–water partition coefficient (Wildman–Crippen LogP) is 2.88. The molecule has 1 aromatic heterocycles. The average Bonchev–Trinajstić information content (AvgIpc) is 2.78. The Morgan fingerprint density at radius 3 is 2.40 bits per heavy atom. The van der Waals surface area contributed by atoms with Crippen LogP contribution in [-0.4, -0.2) is 22.0 Å². The highest BCUT2D eigenvalue weighted by Gasteiger charge is 2.16. The number of primary amides is 1. The quantitative estimate of drug-likeness (QED) is 0.673. The number of halogens is 1. The molecule has 20 heavy (non-hydrogen) atoms. The number of benzene rings is 2. The number of hydrogen-bond donors (Lipinski definition) is 3. The molecule has 0 radical (unpaired) electrons. The van der Waals surface area contributed by atoms with E-state index in [4.69, 9.17) is 10.8 Å². The number of amides is 1. The summed E-state index contributed by atoms with van der Waals surface area (Å²) in [6, 6.07) is 8.47. The third-order valence-electron chi connectivity index (χ3n) is 3.24. The second kappa shape index (κ2) is 4.35. The molecule has 0 atom stereocenters. The molecule has 0 aliphatic heterocycles. The summed E-state index contributed by atoms with van der Waals surface area (Å²) in [4.78, 5) is 25.7. The number of rotatable bonds is 2. The molecule has 0 fully saturated rings. The number of carboxylic acids is 1. The number of aromatic amines is 1. The third kappa shape index (κ3) is 1.69. The molecular weight excluding hydrogens is 324 g/mol. The summed E-state index contributed by atoms with van der Waals surface area (Å²) in [5.74, 6) is -1.55. The van der Waals surface area contributed by atoms with Gasteiger partial charge in [0.25, 0.3) is 5.91 Å². The fourth-order valence-electron chi connectivity index (χ4n) is 2.33. The van der Waals surface area contributed by atoms with Gasteiger partial charge in [-0.1, -0.05) is 18.2 Å². The van der Waals surface area contributed by atoms with Crippen molar-refractivity contribution in [3.63, 3.8) is 0 Å². The van der Waals surface area contributed by atoms with Crippen LogP contribution in [-0.2, 0) is 0 Å². The number of nitrogens with two attached hydrogens (primary N) is 1. The van der Waals surface area contributed by atoms with Gasteiger partial charge in [-0.2, -0.15) is 0 Å². The van der Waals surface area contributed by atoms with E-state index in [-0.39, 0.29) is 5.56 Å². The molecule has 0 spiro atoms. The largest absolute Gasteiger partial charge is 0.478 e. The fourth-order valence-corrected chi connectivity index (χ4v) is 2.94. The Hall–Kier alpha value is -2.34. The molecule has 0 saturated heterocycles. The minimum absolute atomic E-state index is 0.157. The van der Waals surface area contributed by atoms with Crippen LogP contribution in [0.5, 0.6) is 0 Å². The van der Waals surface area contributed by atoms with E-state index in [9.17, 15) is 9.59 Å². The monoisotopic (exact) mass is 332 g/mol. The minimum atomic E-state index is -1.02. The van der Waals surface area contributed by atoms with E-state index in [1.807, 2.05) is 6.07 Å². The molecule has 3 rings (SSSR count). The van der Waals surface area contributed by atoms with Crippen molar-refractivity contribution in [2.75, 3.05) is 0 Å². The summed E-state index contributed by atoms with van der Waals surface area (Å²) in [5, 5.41) is 10.8. The van der Waals surface area contributed by atoms with Crippen LogP contribution in [0, 0.1) is 0 Å². The van der Waals surface area contributed by atoms with Crippen molar-refractivity contribution in [3.8, 4) is 0 Å². The van der Waals surface area contributed by atoms with Gasteiger partial charge in [0, 0.05) is 10.8 Å². The maximum Gasteiger partial charge on any atom is 0.336 e. The van der Waals surface area contributed by atoms with Gasteiger partial charge in [-0.05, 0) is 28.1 Å². The maximum atomic E-state index is 11.4. The van der Waals surface area contributed by atoms with Gasteiger partial charge in [0.05, 0.1) is 26.6 Å². The van der Waals surface area contributed by atoms with Gasteiger partial charge in [-0.3, -0.25) is 4.79 Å². The van der Waals surface area contributed by atoms with Crippen molar-refractivity contribution in [1.82, 2.24) is 4.98 Å². The Kier molecular flexibility index (Phi) is 2.76. The van der Waals surface area contributed by atoms with E-state index < -0.39 is 11.9 Å². The van der Waals surface area contributed by atoms with Gasteiger partial charge < -0.3 is 15.8 Å². The number of nitrogens with one attached hydrogen (secondary N) is 1. The van der Waals surface area contributed by atoms with Gasteiger partial charge in [0.2, 0.25) is 0 Å². The highest BCUT2D eigenvalue weighted by molar-refractivity contribution is 9.10. The first-order valence-corrected chi connectivity index (χ1v) is 6.56. The van der Waals surface area contributed by atoms with E-state index in [2.05, 4.69) is 20.9 Å². The molecule has 1 amide bonds. The summed E-state index contributed by atoms with van der Waals surface area (Å²) in [5.41, 5.74) is 7.13. The zero-order chi connectivity index (χ0) is 14.4. The second-order valence-electron chi connectivity index (χ2n) is 4.37. The highest BCUT2D eigenvalue weighted by Crippen LogP contribution is 2.33. The maximum absolute atomic E-state index is 11.4. The molecule has 5 nitrogen and oxygen atoms in total. The molecule has 2 aromatic carbocycles. The summed E-state index contributed by atoms with van der Waals surface area (Å²) >= 11 is 3.29. The smallest absolute Gasteiger partial charge is 0.336 e. The number of carbonyl (C=O) groups is 2. The zero-order valence-electron chi connectivity index (χ0n) is 10.1. The predicted molar refractivity (Wildman–Crippen MR) is 79.0 cm³/mol. The Labute approximate surface area is 121 Å². The van der Waals surface area contributed by atoms with E-state index >= 15 is 0 Å². The van der Waals surface area contributed by atoms with Crippen LogP contribution >= 0.6 is 15.9 Å². The van der Waals surface area contributed by atoms with E-state index in [1.165, 1.54) is 6.07 Å². The number of carbonyl (C=O) groups excluding carboxylic acids is 1. The van der Waals surface area contributed by atoms with Gasteiger partial charge in [-0.15, -0.1) is 0 Å². The van der Waals surface area contributed by atoms with Crippen molar-refractivity contribution in [1.29, 1.82) is 0 Å². The number of fused-ring (bicyclic) bond motifs is 3. The van der Waals surface area contributed by atoms with E-state index in [0.29, 0.717) is 21.1 Å². The summed E-state index contributed by atoms with van der Waals surface area (Å²) < 4.78 is 0.453. The first kappa shape index (κ1) is 12.7. The lowest BCUT2D eigenvalue weighted by Gasteiger charge is -2.00. The van der Waals surface area contributed by atoms with Gasteiger partial charge in [0.1, 0.15) is 0 Å². The van der Waals surface area contributed by atoms with Gasteiger partial charge >= 0.3 is 5.97 Å². The molecule has 0 saturated carbocycles. The van der Waals surface area contributed by atoms with Crippen LogP contribution < -0.4 is 5.73 Å². The molecule has 4 N–H and O–H groups in total. The number of para-hydroxylation sites is 1. The van der Waals surface area contributed by atoms with Crippen LogP contribution in [0.2, 0.25) is 0 Å². The number of aromatic nitrogens is 1. The summed E-state index contributed by atoms with van der Waals surface area (Å²) in [7, 11) is 0. The molecule has 0 bridgehead atoms. The van der Waals surface area contributed by atoms with Crippen LogP contribution in [0.4, 0.5) is 0 Å². The van der Waals surface area contributed by atoms with Gasteiger partial charge in [0.15, 0.2) is 0 Å². The Morgan fingerprint density at radius 2 is 1.75 bits per heavy atom. The SMILES string of the molecule is NC(=O)c1cccc2c1[nH]c1c(Br)c(C(=O)O)ccc12.